The van der Waals surface area contributed by atoms with E-state index in [1.807, 2.05) is 12.5 Å². The van der Waals surface area contributed by atoms with Gasteiger partial charge in [0, 0.05) is 11.8 Å². The molecule has 0 bridgehead atoms. The first-order valence-corrected chi connectivity index (χ1v) is 9.35. The minimum Gasteiger partial charge on any atom is -0.372 e. The molecule has 2 N–H and O–H groups in total. The second-order valence-electron chi connectivity index (χ2n) is 5.64. The number of alkyl halides is 1. The Balaban J connectivity index is 0.000000398. The summed E-state index contributed by atoms with van der Waals surface area (Å²) in [6.07, 6.45) is 8.95. The first-order chi connectivity index (χ1) is 10.9. The maximum atomic E-state index is 11.1. The van der Waals surface area contributed by atoms with E-state index in [2.05, 4.69) is 36.5 Å². The fourth-order valence-corrected chi connectivity index (χ4v) is 2.12. The van der Waals surface area contributed by atoms with Gasteiger partial charge in [-0.15, -0.1) is 0 Å². The third-order valence-corrected chi connectivity index (χ3v) is 3.91. The number of nitrogens with zero attached hydrogens (tertiary/aromatic N) is 2. The molecule has 4 nitrogen and oxygen atoms in total. The highest BCUT2D eigenvalue weighted by molar-refractivity contribution is 7.98. The first kappa shape index (κ1) is 22.1. The van der Waals surface area contributed by atoms with Crippen molar-refractivity contribution < 1.29 is 9.18 Å². The van der Waals surface area contributed by atoms with Crippen molar-refractivity contribution in [3.8, 4) is 0 Å². The molecule has 2 saturated carbocycles. The minimum absolute atomic E-state index is 0.250. The highest BCUT2D eigenvalue weighted by Gasteiger charge is 2.41. The van der Waals surface area contributed by atoms with E-state index in [0.717, 1.165) is 23.6 Å². The molecule has 0 spiro atoms. The Morgan fingerprint density at radius 1 is 1.48 bits per heavy atom. The van der Waals surface area contributed by atoms with Crippen LogP contribution in [0.25, 0.3) is 0 Å². The van der Waals surface area contributed by atoms with Crippen molar-refractivity contribution in [2.24, 2.45) is 5.73 Å². The Morgan fingerprint density at radius 3 is 2.17 bits per heavy atom. The van der Waals surface area contributed by atoms with E-state index < -0.39 is 6.17 Å². The molecule has 0 radical (unpaired) electrons. The zero-order valence-corrected chi connectivity index (χ0v) is 15.9. The monoisotopic (exact) mass is 363 g/mol. The van der Waals surface area contributed by atoms with Crippen LogP contribution in [0.3, 0.4) is 0 Å². The predicted molar refractivity (Wildman–Crippen MR) is 95.8 cm³/mol. The number of thioether (sulfide) groups is 1. The van der Waals surface area contributed by atoms with E-state index in [4.69, 9.17) is 16.4 Å². The van der Waals surface area contributed by atoms with Crippen LogP contribution in [0.5, 0.6) is 0 Å². The van der Waals surface area contributed by atoms with Crippen LogP contribution in [-0.2, 0) is 10.2 Å². The van der Waals surface area contributed by atoms with Gasteiger partial charge in [0.05, 0.1) is 0 Å². The molecule has 1 aromatic heterocycles. The molecule has 0 atom stereocenters. The van der Waals surface area contributed by atoms with E-state index in [9.17, 15) is 4.39 Å². The number of hydrogen-bond donors (Lipinski definition) is 1. The number of primary amides is 1. The quantitative estimate of drug-likeness (QED) is 0.362. The molecule has 7 heteroatoms. The van der Waals surface area contributed by atoms with Crippen molar-refractivity contribution in [3.05, 3.63) is 16.9 Å². The van der Waals surface area contributed by atoms with Crippen LogP contribution >= 0.6 is 23.4 Å². The summed E-state index contributed by atoms with van der Waals surface area (Å²) in [5, 5.41) is 1.37. The van der Waals surface area contributed by atoms with E-state index in [0.29, 0.717) is 5.15 Å². The Labute approximate surface area is 147 Å². The van der Waals surface area contributed by atoms with Gasteiger partial charge < -0.3 is 5.73 Å². The maximum absolute atomic E-state index is 11.1. The van der Waals surface area contributed by atoms with Crippen LogP contribution in [-0.4, -0.2) is 28.8 Å². The molecule has 1 amide bonds. The van der Waals surface area contributed by atoms with Crippen molar-refractivity contribution in [2.75, 3.05) is 6.26 Å². The molecule has 0 aliphatic heterocycles. The molecular weight excluding hydrogens is 337 g/mol. The molecule has 2 aliphatic carbocycles. The van der Waals surface area contributed by atoms with Gasteiger partial charge in [0.25, 0.3) is 0 Å². The lowest BCUT2D eigenvalue weighted by atomic mass is 10.0. The number of nitrogens with two attached hydrogens (primary N) is 1. The average molecular weight is 364 g/mol. The second-order valence-corrected chi connectivity index (χ2v) is 6.77. The van der Waals surface area contributed by atoms with Crippen LogP contribution in [0.15, 0.2) is 11.4 Å². The summed E-state index contributed by atoms with van der Waals surface area (Å²) in [6, 6.07) is 0. The van der Waals surface area contributed by atoms with Gasteiger partial charge in [0.1, 0.15) is 11.3 Å². The van der Waals surface area contributed by atoms with Crippen molar-refractivity contribution in [1.29, 1.82) is 0 Å². The summed E-state index contributed by atoms with van der Waals surface area (Å²) in [7, 11) is 0. The summed E-state index contributed by atoms with van der Waals surface area (Å²) < 4.78 is 11.1. The van der Waals surface area contributed by atoms with Gasteiger partial charge in [-0.25, -0.2) is 14.4 Å². The van der Waals surface area contributed by atoms with Crippen molar-refractivity contribution in [1.82, 2.24) is 9.97 Å². The third kappa shape index (κ3) is 9.76. The van der Waals surface area contributed by atoms with E-state index in [1.54, 1.807) is 0 Å². The molecule has 0 saturated heterocycles. The van der Waals surface area contributed by atoms with Gasteiger partial charge in [-0.1, -0.05) is 50.6 Å². The van der Waals surface area contributed by atoms with Gasteiger partial charge in [-0.2, -0.15) is 0 Å². The summed E-state index contributed by atoms with van der Waals surface area (Å²) in [4.78, 5) is 17.0. The second kappa shape index (κ2) is 11.6. The third-order valence-electron chi connectivity index (χ3n) is 3.06. The van der Waals surface area contributed by atoms with E-state index in [-0.39, 0.29) is 11.8 Å². The number of aromatic nitrogens is 2. The molecule has 0 unspecified atom stereocenters. The lowest BCUT2D eigenvalue weighted by molar-refractivity contribution is -0.106. The topological polar surface area (TPSA) is 68.9 Å². The van der Waals surface area contributed by atoms with Crippen molar-refractivity contribution >= 4 is 29.8 Å². The van der Waals surface area contributed by atoms with E-state index >= 15 is 0 Å². The normalized spacial score (nSPS) is 16.4. The lowest BCUT2D eigenvalue weighted by Crippen LogP contribution is -2.03. The fraction of sp³-hybridized carbons (Fsp3) is 0.688. The number of halogens is 2. The van der Waals surface area contributed by atoms with Crippen LogP contribution < -0.4 is 5.73 Å². The van der Waals surface area contributed by atoms with Crippen LogP contribution in [0, 0.1) is 0 Å². The molecule has 132 valence electrons. The smallest absolute Gasteiger partial charge is 0.204 e. The van der Waals surface area contributed by atoms with Crippen LogP contribution in [0.4, 0.5) is 4.39 Å². The number of carbonyl (C=O) groups is 1. The first-order valence-electron chi connectivity index (χ1n) is 7.74. The fourth-order valence-electron chi connectivity index (χ4n) is 1.37. The summed E-state index contributed by atoms with van der Waals surface area (Å²) in [5.41, 5.74) is 5.53. The van der Waals surface area contributed by atoms with Gasteiger partial charge in [0.2, 0.25) is 6.41 Å². The number of rotatable bonds is 2. The standard InChI is InChI=1S/C9H11ClN2S.C3H5F.C3H8.CH3NO/c1-9(3-4-9)6-5-11-8(13-2)12-7(6)10;4-3-1-2-3;1-3-2;2-1-3/h5H,3-4H2,1-2H3;3H,1-2H2;3H2,1-2H3;1H,(H2,2,3). The van der Waals surface area contributed by atoms with Crippen LogP contribution in [0.1, 0.15) is 58.4 Å². The number of carbonyl (C=O) groups excluding carboxylic acids is 1. The SMILES string of the molecule is CCC.CSc1ncc(C2(C)CC2)c(Cl)n1.FC1CC1.NC=O. The molecule has 2 fully saturated rings. The summed E-state index contributed by atoms with van der Waals surface area (Å²) in [5.74, 6) is 0. The van der Waals surface area contributed by atoms with Gasteiger partial charge in [-0.3, -0.25) is 4.79 Å². The largest absolute Gasteiger partial charge is 0.372 e. The Kier molecular flexibility index (Phi) is 11.2. The predicted octanol–water partition coefficient (Wildman–Crippen LogP) is 4.54. The molecule has 2 aliphatic rings. The van der Waals surface area contributed by atoms with Gasteiger partial charge in [0.15, 0.2) is 5.16 Å². The van der Waals surface area contributed by atoms with Crippen LogP contribution in [0.2, 0.25) is 5.15 Å². The molecule has 0 aromatic carbocycles. The highest BCUT2D eigenvalue weighted by Crippen LogP contribution is 2.49. The molecule has 3 rings (SSSR count). The number of amides is 1. The lowest BCUT2D eigenvalue weighted by Gasteiger charge is -2.09. The Bertz CT molecular complexity index is 469. The minimum atomic E-state index is -0.417. The molecule has 1 aromatic rings. The van der Waals surface area contributed by atoms with Crippen molar-refractivity contribution in [3.63, 3.8) is 0 Å². The maximum Gasteiger partial charge on any atom is 0.204 e. The average Bonchev–Trinajstić information content (AvgIpc) is 3.42. The molecular formula is C16H27ClFN3OS. The Morgan fingerprint density at radius 2 is 1.91 bits per heavy atom. The zero-order valence-electron chi connectivity index (χ0n) is 14.3. The van der Waals surface area contributed by atoms with E-state index in [1.165, 1.54) is 31.0 Å². The Hall–Kier alpha value is -0.880. The number of hydrogen-bond acceptors (Lipinski definition) is 4. The molecule has 1 heterocycles. The highest BCUT2D eigenvalue weighted by atomic mass is 35.5. The summed E-state index contributed by atoms with van der Waals surface area (Å²) >= 11 is 7.58. The van der Waals surface area contributed by atoms with Crippen molar-refractivity contribution in [2.45, 2.75) is 69.6 Å². The van der Waals surface area contributed by atoms with Gasteiger partial charge >= 0.3 is 0 Å². The summed E-state index contributed by atoms with van der Waals surface area (Å²) in [6.45, 7) is 6.45. The zero-order chi connectivity index (χ0) is 17.9. The molecule has 23 heavy (non-hydrogen) atoms. The van der Waals surface area contributed by atoms with Gasteiger partial charge in [-0.05, 0) is 37.4 Å².